The lowest BCUT2D eigenvalue weighted by molar-refractivity contribution is -0.762. The number of rotatable bonds is 1. The molecule has 70 valence electrons. The molecular formula is C9H17NO2. The molecule has 12 heavy (non-hydrogen) atoms. The maximum absolute atomic E-state index is 11.5. The van der Waals surface area contributed by atoms with Crippen LogP contribution in [-0.2, 0) is 4.79 Å². The van der Waals surface area contributed by atoms with Crippen molar-refractivity contribution in [1.82, 2.24) is 0 Å². The largest absolute Gasteiger partial charge is 0.626 e. The van der Waals surface area contributed by atoms with E-state index in [9.17, 15) is 10.0 Å². The van der Waals surface area contributed by atoms with Crippen LogP contribution in [0.4, 0.5) is 0 Å². The lowest BCUT2D eigenvalue weighted by Gasteiger charge is -2.34. The van der Waals surface area contributed by atoms with E-state index in [0.717, 1.165) is 25.7 Å². The van der Waals surface area contributed by atoms with Gasteiger partial charge in [-0.25, -0.2) is 4.79 Å². The molecule has 1 aliphatic carbocycles. The second-order valence-corrected chi connectivity index (χ2v) is 4.02. The minimum absolute atomic E-state index is 0.0336. The van der Waals surface area contributed by atoms with Crippen LogP contribution in [0.5, 0.6) is 0 Å². The van der Waals surface area contributed by atoms with E-state index >= 15 is 0 Å². The van der Waals surface area contributed by atoms with Gasteiger partial charge in [0.05, 0.1) is 20.0 Å². The third kappa shape index (κ3) is 2.29. The van der Waals surface area contributed by atoms with E-state index in [-0.39, 0.29) is 11.8 Å². The summed E-state index contributed by atoms with van der Waals surface area (Å²) in [5, 5.41) is 11.3. The van der Waals surface area contributed by atoms with Crippen molar-refractivity contribution < 1.29 is 9.44 Å². The van der Waals surface area contributed by atoms with Gasteiger partial charge in [-0.2, -0.15) is 0 Å². The minimum Gasteiger partial charge on any atom is -0.626 e. The van der Waals surface area contributed by atoms with Gasteiger partial charge in [-0.15, -0.1) is 0 Å². The molecule has 3 heteroatoms. The topological polar surface area (TPSA) is 40.1 Å². The molecule has 0 bridgehead atoms. The van der Waals surface area contributed by atoms with Gasteiger partial charge in [-0.1, -0.05) is 19.3 Å². The second kappa shape index (κ2) is 3.54. The Balaban J connectivity index is 2.51. The van der Waals surface area contributed by atoms with Crippen molar-refractivity contribution in [2.24, 2.45) is 5.92 Å². The van der Waals surface area contributed by atoms with Gasteiger partial charge in [0, 0.05) is 0 Å². The van der Waals surface area contributed by atoms with Gasteiger partial charge in [-0.05, 0) is 12.8 Å². The van der Waals surface area contributed by atoms with Crippen molar-refractivity contribution in [3.05, 3.63) is 5.21 Å². The zero-order valence-electron chi connectivity index (χ0n) is 7.88. The van der Waals surface area contributed by atoms with Gasteiger partial charge in [0.15, 0.2) is 0 Å². The fourth-order valence-electron chi connectivity index (χ4n) is 1.79. The fourth-order valence-corrected chi connectivity index (χ4v) is 1.79. The Hall–Kier alpha value is -0.410. The number of amides is 1. The van der Waals surface area contributed by atoms with Crippen molar-refractivity contribution in [3.63, 3.8) is 0 Å². The Morgan fingerprint density at radius 2 is 1.75 bits per heavy atom. The summed E-state index contributed by atoms with van der Waals surface area (Å²) in [4.78, 5) is 11.5. The number of hydroxylamine groups is 3. The van der Waals surface area contributed by atoms with Gasteiger partial charge in [0.2, 0.25) is 0 Å². The molecule has 0 atom stereocenters. The van der Waals surface area contributed by atoms with Crippen molar-refractivity contribution in [1.29, 1.82) is 0 Å². The lowest BCUT2D eigenvalue weighted by Crippen LogP contribution is -2.44. The summed E-state index contributed by atoms with van der Waals surface area (Å²) in [7, 11) is 2.83. The molecular weight excluding hydrogens is 154 g/mol. The molecule has 0 spiro atoms. The smallest absolute Gasteiger partial charge is 0.316 e. The highest BCUT2D eigenvalue weighted by molar-refractivity contribution is 5.72. The van der Waals surface area contributed by atoms with Crippen LogP contribution in [0.15, 0.2) is 0 Å². The normalized spacial score (nSPS) is 20.9. The molecule has 0 N–H and O–H groups in total. The number of nitrogens with zero attached hydrogens (tertiary/aromatic N) is 1. The Morgan fingerprint density at radius 3 is 2.17 bits per heavy atom. The van der Waals surface area contributed by atoms with E-state index in [4.69, 9.17) is 0 Å². The monoisotopic (exact) mass is 171 g/mol. The average Bonchev–Trinajstić information content (AvgIpc) is 2.03. The molecule has 0 saturated heterocycles. The molecule has 0 aliphatic heterocycles. The fraction of sp³-hybridized carbons (Fsp3) is 0.889. The SMILES string of the molecule is C[N+](C)([O-])C(=O)C1CCCCC1. The first-order chi connectivity index (χ1) is 5.52. The lowest BCUT2D eigenvalue weighted by atomic mass is 9.88. The highest BCUT2D eigenvalue weighted by Crippen LogP contribution is 2.26. The third-order valence-corrected chi connectivity index (χ3v) is 2.49. The number of hydrogen-bond acceptors (Lipinski definition) is 2. The van der Waals surface area contributed by atoms with Crippen LogP contribution < -0.4 is 0 Å². The van der Waals surface area contributed by atoms with Crippen molar-refractivity contribution in [2.75, 3.05) is 14.1 Å². The standard InChI is InChI=1S/C9H17NO2/c1-10(2,12)9(11)8-6-4-3-5-7-8/h8H,3-7H2,1-2H3. The van der Waals surface area contributed by atoms with Crippen LogP contribution in [0.2, 0.25) is 0 Å². The molecule has 1 saturated carbocycles. The predicted molar refractivity (Wildman–Crippen MR) is 47.1 cm³/mol. The van der Waals surface area contributed by atoms with Crippen LogP contribution >= 0.6 is 0 Å². The Labute approximate surface area is 73.5 Å². The molecule has 1 aliphatic rings. The van der Waals surface area contributed by atoms with E-state index in [0.29, 0.717) is 0 Å². The Kier molecular flexibility index (Phi) is 2.85. The molecule has 0 unspecified atom stereocenters. The average molecular weight is 171 g/mol. The maximum atomic E-state index is 11.5. The summed E-state index contributed by atoms with van der Waals surface area (Å²) in [5.74, 6) is -0.110. The van der Waals surface area contributed by atoms with Gasteiger partial charge >= 0.3 is 5.91 Å². The van der Waals surface area contributed by atoms with E-state index < -0.39 is 4.65 Å². The van der Waals surface area contributed by atoms with E-state index in [1.54, 1.807) is 0 Å². The minimum atomic E-state index is -0.759. The summed E-state index contributed by atoms with van der Waals surface area (Å²) >= 11 is 0. The molecule has 0 aromatic heterocycles. The van der Waals surface area contributed by atoms with E-state index in [2.05, 4.69) is 0 Å². The summed E-state index contributed by atoms with van der Waals surface area (Å²) in [6, 6.07) is 0. The van der Waals surface area contributed by atoms with Crippen molar-refractivity contribution >= 4 is 5.91 Å². The van der Waals surface area contributed by atoms with Crippen LogP contribution in [0.1, 0.15) is 32.1 Å². The molecule has 1 amide bonds. The Bertz CT molecular complexity index is 166. The number of hydrogen-bond donors (Lipinski definition) is 0. The van der Waals surface area contributed by atoms with Gasteiger partial charge in [0.25, 0.3) is 0 Å². The van der Waals surface area contributed by atoms with Gasteiger partial charge < -0.3 is 9.85 Å². The summed E-state index contributed by atoms with van der Waals surface area (Å²) < 4.78 is -0.759. The van der Waals surface area contributed by atoms with Gasteiger partial charge in [-0.3, -0.25) is 0 Å². The highest BCUT2D eigenvalue weighted by atomic mass is 16.6. The third-order valence-electron chi connectivity index (χ3n) is 2.49. The van der Waals surface area contributed by atoms with Crippen LogP contribution in [-0.4, -0.2) is 24.6 Å². The van der Waals surface area contributed by atoms with E-state index in [1.165, 1.54) is 20.5 Å². The molecule has 0 aromatic rings. The van der Waals surface area contributed by atoms with Crippen LogP contribution in [0.25, 0.3) is 0 Å². The summed E-state index contributed by atoms with van der Waals surface area (Å²) in [6.45, 7) is 0. The zero-order valence-corrected chi connectivity index (χ0v) is 7.88. The first-order valence-electron chi connectivity index (χ1n) is 4.61. The first-order valence-corrected chi connectivity index (χ1v) is 4.61. The molecule has 1 fully saturated rings. The summed E-state index contributed by atoms with van der Waals surface area (Å²) in [5.41, 5.74) is 0. The summed E-state index contributed by atoms with van der Waals surface area (Å²) in [6.07, 6.45) is 5.27. The number of quaternary nitrogens is 1. The highest BCUT2D eigenvalue weighted by Gasteiger charge is 2.29. The van der Waals surface area contributed by atoms with Gasteiger partial charge in [0.1, 0.15) is 0 Å². The predicted octanol–water partition coefficient (Wildman–Crippen LogP) is 1.67. The second-order valence-electron chi connectivity index (χ2n) is 4.02. The maximum Gasteiger partial charge on any atom is 0.316 e. The molecule has 0 radical (unpaired) electrons. The molecule has 0 heterocycles. The molecule has 1 rings (SSSR count). The van der Waals surface area contributed by atoms with Crippen LogP contribution in [0.3, 0.4) is 0 Å². The zero-order chi connectivity index (χ0) is 9.19. The number of carbonyl (C=O) groups excluding carboxylic acids is 1. The first kappa shape index (κ1) is 9.68. The van der Waals surface area contributed by atoms with Crippen molar-refractivity contribution in [3.8, 4) is 0 Å². The Morgan fingerprint density at radius 1 is 1.25 bits per heavy atom. The quantitative estimate of drug-likeness (QED) is 0.444. The molecule has 3 nitrogen and oxygen atoms in total. The van der Waals surface area contributed by atoms with Crippen molar-refractivity contribution in [2.45, 2.75) is 32.1 Å². The number of carbonyl (C=O) groups is 1. The molecule has 0 aromatic carbocycles. The van der Waals surface area contributed by atoms with Crippen LogP contribution in [0, 0.1) is 11.1 Å². The van der Waals surface area contributed by atoms with E-state index in [1.807, 2.05) is 0 Å².